The molecule has 8 nitrogen and oxygen atoms in total. The molecule has 1 fully saturated rings. The topological polar surface area (TPSA) is 99.5 Å². The van der Waals surface area contributed by atoms with Crippen LogP contribution < -0.4 is 10.6 Å². The molecule has 1 aromatic rings. The molecule has 8 heteroatoms. The highest BCUT2D eigenvalue weighted by Crippen LogP contribution is 2.26. The van der Waals surface area contributed by atoms with Crippen LogP contribution in [0.15, 0.2) is 12.3 Å². The van der Waals surface area contributed by atoms with Gasteiger partial charge in [-0.25, -0.2) is 9.48 Å². The molecule has 2 rings (SSSR count). The smallest absolute Gasteiger partial charge is 0.320 e. The molecular weight excluding hydrogens is 310 g/mol. The summed E-state index contributed by atoms with van der Waals surface area (Å²) in [5, 5.41) is 18.9. The molecule has 134 valence electrons. The molecule has 1 aliphatic rings. The van der Waals surface area contributed by atoms with Crippen LogP contribution in [0.1, 0.15) is 40.5 Å². The van der Waals surface area contributed by atoms with E-state index in [9.17, 15) is 9.59 Å². The van der Waals surface area contributed by atoms with Gasteiger partial charge in [-0.1, -0.05) is 6.92 Å². The first-order valence-corrected chi connectivity index (χ1v) is 8.28. The van der Waals surface area contributed by atoms with Crippen molar-refractivity contribution in [3.63, 3.8) is 0 Å². The number of hydrogen-bond acceptors (Lipinski definition) is 4. The van der Waals surface area contributed by atoms with Crippen LogP contribution in [0, 0.1) is 0 Å². The van der Waals surface area contributed by atoms with E-state index in [4.69, 9.17) is 5.11 Å². The number of carbonyl (C=O) groups is 2. The maximum Gasteiger partial charge on any atom is 0.320 e. The Morgan fingerprint density at radius 1 is 1.42 bits per heavy atom. The number of aliphatic carboxylic acids is 1. The minimum atomic E-state index is -0.818. The number of likely N-dealkylation sites (N-methyl/N-ethyl adjacent to an activating group) is 1. The molecule has 0 aromatic carbocycles. The van der Waals surface area contributed by atoms with Crippen molar-refractivity contribution in [2.75, 3.05) is 18.4 Å². The number of hydrogen-bond donors (Lipinski definition) is 3. The number of urea groups is 1. The number of anilines is 1. The Morgan fingerprint density at radius 3 is 2.62 bits per heavy atom. The van der Waals surface area contributed by atoms with E-state index in [2.05, 4.69) is 15.7 Å². The Balaban J connectivity index is 1.81. The van der Waals surface area contributed by atoms with Gasteiger partial charge in [0.1, 0.15) is 5.82 Å². The number of carbonyl (C=O) groups excluding carboxylic acids is 1. The molecule has 1 aliphatic carbocycles. The number of carboxylic acid groups (broad SMARTS) is 1. The molecule has 0 unspecified atom stereocenters. The second kappa shape index (κ2) is 7.21. The first-order valence-electron chi connectivity index (χ1n) is 8.28. The average molecular weight is 337 g/mol. The summed E-state index contributed by atoms with van der Waals surface area (Å²) >= 11 is 0. The van der Waals surface area contributed by atoms with Gasteiger partial charge in [0.15, 0.2) is 0 Å². The van der Waals surface area contributed by atoms with Gasteiger partial charge in [-0.15, -0.1) is 0 Å². The quantitative estimate of drug-likeness (QED) is 0.734. The molecule has 1 aromatic heterocycles. The predicted molar refractivity (Wildman–Crippen MR) is 91.1 cm³/mol. The molecule has 0 atom stereocenters. The third-order valence-electron chi connectivity index (χ3n) is 4.23. The number of nitrogens with one attached hydrogen (secondary N) is 2. The lowest BCUT2D eigenvalue weighted by molar-refractivity contribution is -0.139. The molecule has 2 amide bonds. The summed E-state index contributed by atoms with van der Waals surface area (Å²) in [6.45, 7) is 8.74. The second-order valence-corrected chi connectivity index (χ2v) is 7.18. The zero-order chi connectivity index (χ0) is 17.9. The van der Waals surface area contributed by atoms with Crippen molar-refractivity contribution in [3.8, 4) is 0 Å². The van der Waals surface area contributed by atoms with Crippen LogP contribution in [0.2, 0.25) is 0 Å². The van der Waals surface area contributed by atoms with Gasteiger partial charge in [-0.2, -0.15) is 5.10 Å². The van der Waals surface area contributed by atoms with Crippen LogP contribution >= 0.6 is 0 Å². The molecule has 0 spiro atoms. The van der Waals surface area contributed by atoms with Gasteiger partial charge in [-0.05, 0) is 40.2 Å². The van der Waals surface area contributed by atoms with Crippen molar-refractivity contribution < 1.29 is 14.7 Å². The van der Waals surface area contributed by atoms with Gasteiger partial charge in [0, 0.05) is 18.2 Å². The minimum Gasteiger partial charge on any atom is -0.480 e. The lowest BCUT2D eigenvalue weighted by Crippen LogP contribution is -2.55. The van der Waals surface area contributed by atoms with E-state index in [1.807, 2.05) is 32.6 Å². The van der Waals surface area contributed by atoms with E-state index in [0.29, 0.717) is 12.4 Å². The van der Waals surface area contributed by atoms with E-state index in [0.717, 1.165) is 12.8 Å². The molecule has 1 heterocycles. The zero-order valence-electron chi connectivity index (χ0n) is 14.7. The summed E-state index contributed by atoms with van der Waals surface area (Å²) in [4.78, 5) is 24.9. The van der Waals surface area contributed by atoms with Crippen molar-refractivity contribution in [2.45, 2.75) is 58.2 Å². The SMILES string of the molecule is CCN(CC(=O)O)C1CC(NC(=O)Nc2ccnn2C(C)(C)C)C1. The standard InChI is InChI=1S/C16H27N5O3/c1-5-20(10-14(22)23)12-8-11(9-12)18-15(24)19-13-6-7-17-21(13)16(2,3)4/h6-7,11-12H,5,8-10H2,1-4H3,(H,22,23)(H2,18,19,24). The fourth-order valence-corrected chi connectivity index (χ4v) is 2.95. The van der Waals surface area contributed by atoms with Crippen LogP contribution in [-0.2, 0) is 10.3 Å². The van der Waals surface area contributed by atoms with Gasteiger partial charge in [0.25, 0.3) is 0 Å². The number of nitrogens with zero attached hydrogens (tertiary/aromatic N) is 3. The maximum atomic E-state index is 12.1. The molecule has 0 saturated heterocycles. The van der Waals surface area contributed by atoms with Crippen LogP contribution in [-0.4, -0.2) is 57.0 Å². The highest BCUT2D eigenvalue weighted by molar-refractivity contribution is 5.88. The Morgan fingerprint density at radius 2 is 2.08 bits per heavy atom. The van der Waals surface area contributed by atoms with Crippen molar-refractivity contribution in [3.05, 3.63) is 12.3 Å². The van der Waals surface area contributed by atoms with Crippen molar-refractivity contribution >= 4 is 17.8 Å². The van der Waals surface area contributed by atoms with Crippen LogP contribution in [0.25, 0.3) is 0 Å². The zero-order valence-corrected chi connectivity index (χ0v) is 14.7. The molecule has 0 aliphatic heterocycles. The monoisotopic (exact) mass is 337 g/mol. The highest BCUT2D eigenvalue weighted by Gasteiger charge is 2.34. The van der Waals surface area contributed by atoms with Crippen LogP contribution in [0.5, 0.6) is 0 Å². The van der Waals surface area contributed by atoms with Gasteiger partial charge in [0.05, 0.1) is 18.3 Å². The number of carboxylic acids is 1. The number of rotatable bonds is 6. The lowest BCUT2D eigenvalue weighted by Gasteiger charge is -2.42. The average Bonchev–Trinajstić information content (AvgIpc) is 2.88. The molecule has 0 bridgehead atoms. The first-order chi connectivity index (χ1) is 11.2. The maximum absolute atomic E-state index is 12.1. The predicted octanol–water partition coefficient (Wildman–Crippen LogP) is 1.70. The Bertz CT molecular complexity index is 587. The third kappa shape index (κ3) is 4.47. The third-order valence-corrected chi connectivity index (χ3v) is 4.23. The summed E-state index contributed by atoms with van der Waals surface area (Å²) in [7, 11) is 0. The molecular formula is C16H27N5O3. The van der Waals surface area contributed by atoms with E-state index in [1.54, 1.807) is 16.9 Å². The summed E-state index contributed by atoms with van der Waals surface area (Å²) in [5.74, 6) is -0.168. The van der Waals surface area contributed by atoms with E-state index >= 15 is 0 Å². The fraction of sp³-hybridized carbons (Fsp3) is 0.688. The fourth-order valence-electron chi connectivity index (χ4n) is 2.95. The summed E-state index contributed by atoms with van der Waals surface area (Å²) < 4.78 is 1.77. The molecule has 0 radical (unpaired) electrons. The second-order valence-electron chi connectivity index (χ2n) is 7.18. The molecule has 3 N–H and O–H groups in total. The largest absolute Gasteiger partial charge is 0.480 e. The summed E-state index contributed by atoms with van der Waals surface area (Å²) in [5.41, 5.74) is -0.216. The van der Waals surface area contributed by atoms with E-state index < -0.39 is 5.97 Å². The highest BCUT2D eigenvalue weighted by atomic mass is 16.4. The lowest BCUT2D eigenvalue weighted by atomic mass is 9.85. The van der Waals surface area contributed by atoms with Crippen LogP contribution in [0.4, 0.5) is 10.6 Å². The van der Waals surface area contributed by atoms with Crippen molar-refractivity contribution in [1.29, 1.82) is 0 Å². The summed E-state index contributed by atoms with van der Waals surface area (Å²) in [6.07, 6.45) is 3.20. The van der Waals surface area contributed by atoms with E-state index in [1.165, 1.54) is 0 Å². The molecule has 1 saturated carbocycles. The van der Waals surface area contributed by atoms with Gasteiger partial charge < -0.3 is 10.4 Å². The summed E-state index contributed by atoms with van der Waals surface area (Å²) in [6, 6.07) is 1.80. The Hall–Kier alpha value is -2.09. The van der Waals surface area contributed by atoms with Gasteiger partial charge in [-0.3, -0.25) is 15.0 Å². The van der Waals surface area contributed by atoms with Crippen LogP contribution in [0.3, 0.4) is 0 Å². The van der Waals surface area contributed by atoms with E-state index in [-0.39, 0.29) is 30.2 Å². The van der Waals surface area contributed by atoms with Gasteiger partial charge in [0.2, 0.25) is 0 Å². The van der Waals surface area contributed by atoms with Crippen molar-refractivity contribution in [2.24, 2.45) is 0 Å². The minimum absolute atomic E-state index is 0.0465. The normalized spacial score (nSPS) is 20.5. The Kier molecular flexibility index (Phi) is 5.48. The van der Waals surface area contributed by atoms with Crippen molar-refractivity contribution in [1.82, 2.24) is 20.0 Å². The first kappa shape index (κ1) is 18.3. The number of aromatic nitrogens is 2. The Labute approximate surface area is 142 Å². The number of amides is 2. The molecule has 24 heavy (non-hydrogen) atoms. The van der Waals surface area contributed by atoms with Gasteiger partial charge >= 0.3 is 12.0 Å².